The minimum Gasteiger partial charge on any atom is -0.490 e. The van der Waals surface area contributed by atoms with Gasteiger partial charge >= 0.3 is 5.69 Å². The van der Waals surface area contributed by atoms with Crippen molar-refractivity contribution in [2.75, 3.05) is 0 Å². The number of ether oxygens (including phenoxy) is 1. The van der Waals surface area contributed by atoms with Crippen LogP contribution >= 0.6 is 0 Å². The summed E-state index contributed by atoms with van der Waals surface area (Å²) in [5, 5.41) is 0. The van der Waals surface area contributed by atoms with Crippen molar-refractivity contribution in [3.8, 4) is 5.75 Å². The lowest BCUT2D eigenvalue weighted by molar-refractivity contribution is 0.173. The zero-order valence-electron chi connectivity index (χ0n) is 10.3. The van der Waals surface area contributed by atoms with Crippen molar-refractivity contribution in [1.82, 2.24) is 9.97 Å². The van der Waals surface area contributed by atoms with Gasteiger partial charge in [-0.1, -0.05) is 18.2 Å². The molecule has 5 nitrogen and oxygen atoms in total. The van der Waals surface area contributed by atoms with E-state index in [1.807, 2.05) is 18.2 Å². The van der Waals surface area contributed by atoms with Crippen molar-refractivity contribution in [3.05, 3.63) is 62.4 Å². The van der Waals surface area contributed by atoms with Crippen LogP contribution in [0, 0.1) is 0 Å². The van der Waals surface area contributed by atoms with Gasteiger partial charge in [0.25, 0.3) is 5.56 Å². The smallest absolute Gasteiger partial charge is 0.325 e. The summed E-state index contributed by atoms with van der Waals surface area (Å²) in [6.07, 6.45) is 3.75. The van der Waals surface area contributed by atoms with Crippen molar-refractivity contribution >= 4 is 0 Å². The van der Waals surface area contributed by atoms with Crippen molar-refractivity contribution in [1.29, 1.82) is 0 Å². The number of aryl methyl sites for hydroxylation is 1. The van der Waals surface area contributed by atoms with Crippen LogP contribution in [-0.4, -0.2) is 16.1 Å². The Kier molecular flexibility index (Phi) is 2.95. The van der Waals surface area contributed by atoms with Crippen molar-refractivity contribution in [2.24, 2.45) is 0 Å². The highest BCUT2D eigenvalue weighted by molar-refractivity contribution is 5.35. The van der Waals surface area contributed by atoms with Crippen LogP contribution in [0.2, 0.25) is 0 Å². The Labute approximate surface area is 109 Å². The molecule has 1 aliphatic heterocycles. The molecule has 0 amide bonds. The molecule has 1 unspecified atom stereocenters. The summed E-state index contributed by atoms with van der Waals surface area (Å²) in [4.78, 5) is 27.3. The molecule has 0 bridgehead atoms. The van der Waals surface area contributed by atoms with Crippen LogP contribution in [0.1, 0.15) is 17.5 Å². The first kappa shape index (κ1) is 11.8. The van der Waals surface area contributed by atoms with E-state index in [0.717, 1.165) is 18.6 Å². The first-order valence-corrected chi connectivity index (χ1v) is 6.28. The molecule has 2 heterocycles. The molecule has 19 heavy (non-hydrogen) atoms. The van der Waals surface area contributed by atoms with Gasteiger partial charge in [0.15, 0.2) is 0 Å². The Hall–Kier alpha value is -2.30. The summed E-state index contributed by atoms with van der Waals surface area (Å²) < 4.78 is 5.88. The van der Waals surface area contributed by atoms with E-state index in [2.05, 4.69) is 16.0 Å². The molecule has 0 radical (unpaired) electrons. The predicted octanol–water partition coefficient (Wildman–Crippen LogP) is 1.000. The predicted molar refractivity (Wildman–Crippen MR) is 70.6 cm³/mol. The molecule has 1 aromatic heterocycles. The number of fused-ring (bicyclic) bond motifs is 1. The highest BCUT2D eigenvalue weighted by Gasteiger charge is 2.20. The molecule has 1 aromatic carbocycles. The number of H-pyrrole nitrogens is 2. The van der Waals surface area contributed by atoms with Crippen LogP contribution in [0.25, 0.3) is 0 Å². The molecule has 0 fully saturated rings. The van der Waals surface area contributed by atoms with Gasteiger partial charge in [0.2, 0.25) is 0 Å². The van der Waals surface area contributed by atoms with Gasteiger partial charge in [-0.2, -0.15) is 0 Å². The first-order chi connectivity index (χ1) is 9.22. The second kappa shape index (κ2) is 4.76. The fraction of sp³-hybridized carbons (Fsp3) is 0.286. The van der Waals surface area contributed by atoms with E-state index in [4.69, 9.17) is 4.74 Å². The third-order valence-electron chi connectivity index (χ3n) is 3.35. The maximum atomic E-state index is 11.6. The summed E-state index contributed by atoms with van der Waals surface area (Å²) in [7, 11) is 0. The Morgan fingerprint density at radius 2 is 2.11 bits per heavy atom. The number of nitrogens with one attached hydrogen (secondary N) is 2. The zero-order valence-corrected chi connectivity index (χ0v) is 10.3. The van der Waals surface area contributed by atoms with Crippen molar-refractivity contribution < 1.29 is 4.74 Å². The second-order valence-corrected chi connectivity index (χ2v) is 4.69. The number of hydrogen-bond acceptors (Lipinski definition) is 3. The van der Waals surface area contributed by atoms with Gasteiger partial charge in [-0.05, 0) is 24.5 Å². The normalized spacial score (nSPS) is 17.6. The molecule has 0 saturated carbocycles. The fourth-order valence-electron chi connectivity index (χ4n) is 2.36. The zero-order chi connectivity index (χ0) is 13.2. The molecular formula is C14H14N2O3. The quantitative estimate of drug-likeness (QED) is 0.843. The monoisotopic (exact) mass is 258 g/mol. The summed E-state index contributed by atoms with van der Waals surface area (Å²) >= 11 is 0. The Morgan fingerprint density at radius 3 is 2.95 bits per heavy atom. The minimum atomic E-state index is -0.483. The number of hydrogen-bond donors (Lipinski definition) is 2. The Balaban J connectivity index is 1.79. The summed E-state index contributed by atoms with van der Waals surface area (Å²) in [5.41, 5.74) is 0.924. The van der Waals surface area contributed by atoms with E-state index >= 15 is 0 Å². The van der Waals surface area contributed by atoms with E-state index < -0.39 is 5.69 Å². The van der Waals surface area contributed by atoms with E-state index in [0.29, 0.717) is 12.0 Å². The van der Waals surface area contributed by atoms with Gasteiger partial charge < -0.3 is 9.72 Å². The molecule has 3 rings (SSSR count). The molecule has 2 N–H and O–H groups in total. The summed E-state index contributed by atoms with van der Waals surface area (Å²) in [5.74, 6) is 0.889. The number of aromatic nitrogens is 2. The highest BCUT2D eigenvalue weighted by atomic mass is 16.5. The molecule has 2 aromatic rings. The summed E-state index contributed by atoms with van der Waals surface area (Å²) in [6.45, 7) is 0. The number of benzene rings is 1. The topological polar surface area (TPSA) is 75.0 Å². The van der Waals surface area contributed by atoms with Crippen LogP contribution in [0.4, 0.5) is 0 Å². The van der Waals surface area contributed by atoms with Crippen molar-refractivity contribution in [3.63, 3.8) is 0 Å². The molecule has 0 aliphatic carbocycles. The maximum Gasteiger partial charge on any atom is 0.325 e. The molecule has 0 spiro atoms. The van der Waals surface area contributed by atoms with Crippen LogP contribution in [0.3, 0.4) is 0 Å². The standard InChI is InChI=1S/C14H14N2O3/c17-13-10(8-15-14(18)16-13)7-11-6-5-9-3-1-2-4-12(9)19-11/h1-4,8,11H,5-7H2,(H2,15,16,17,18). The average Bonchev–Trinajstić information content (AvgIpc) is 2.42. The van der Waals surface area contributed by atoms with Crippen LogP contribution in [-0.2, 0) is 12.8 Å². The molecule has 98 valence electrons. The van der Waals surface area contributed by atoms with Gasteiger partial charge in [0.1, 0.15) is 11.9 Å². The van der Waals surface area contributed by atoms with E-state index in [1.54, 1.807) is 0 Å². The van der Waals surface area contributed by atoms with Crippen molar-refractivity contribution in [2.45, 2.75) is 25.4 Å². The van der Waals surface area contributed by atoms with Crippen LogP contribution < -0.4 is 16.0 Å². The maximum absolute atomic E-state index is 11.6. The van der Waals surface area contributed by atoms with Gasteiger partial charge in [0.05, 0.1) is 0 Å². The van der Waals surface area contributed by atoms with Crippen LogP contribution in [0.5, 0.6) is 5.75 Å². The Bertz CT molecular complexity index is 702. The fourth-order valence-corrected chi connectivity index (χ4v) is 2.36. The SMILES string of the molecule is O=c1[nH]cc(CC2CCc3ccccc3O2)c(=O)[nH]1. The van der Waals surface area contributed by atoms with E-state index in [-0.39, 0.29) is 11.7 Å². The lowest BCUT2D eigenvalue weighted by atomic mass is 9.99. The van der Waals surface area contributed by atoms with Gasteiger partial charge in [-0.15, -0.1) is 0 Å². The highest BCUT2D eigenvalue weighted by Crippen LogP contribution is 2.27. The molecule has 5 heteroatoms. The average molecular weight is 258 g/mol. The third kappa shape index (κ3) is 2.45. The van der Waals surface area contributed by atoms with E-state index in [1.165, 1.54) is 11.8 Å². The molecule has 0 saturated heterocycles. The first-order valence-electron chi connectivity index (χ1n) is 6.28. The van der Waals surface area contributed by atoms with Crippen LogP contribution in [0.15, 0.2) is 40.1 Å². The minimum absolute atomic E-state index is 0.0260. The molecular weight excluding hydrogens is 244 g/mol. The lowest BCUT2D eigenvalue weighted by Crippen LogP contribution is -2.30. The van der Waals surface area contributed by atoms with Gasteiger partial charge in [0, 0.05) is 18.2 Å². The third-order valence-corrected chi connectivity index (χ3v) is 3.35. The molecule has 1 aliphatic rings. The number of rotatable bonds is 2. The largest absolute Gasteiger partial charge is 0.490 e. The van der Waals surface area contributed by atoms with E-state index in [9.17, 15) is 9.59 Å². The second-order valence-electron chi connectivity index (χ2n) is 4.69. The van der Waals surface area contributed by atoms with Gasteiger partial charge in [-0.3, -0.25) is 9.78 Å². The number of para-hydroxylation sites is 1. The number of aromatic amines is 2. The van der Waals surface area contributed by atoms with Gasteiger partial charge in [-0.25, -0.2) is 4.79 Å². The Morgan fingerprint density at radius 1 is 1.26 bits per heavy atom. The summed E-state index contributed by atoms with van der Waals surface area (Å²) in [6, 6.07) is 7.93. The lowest BCUT2D eigenvalue weighted by Gasteiger charge is -2.25. The molecule has 1 atom stereocenters.